The number of nitrogens with zero attached hydrogens (tertiary/aromatic N) is 2. The second-order valence-corrected chi connectivity index (χ2v) is 8.51. The molecule has 3 heterocycles. The Labute approximate surface area is 193 Å². The molecule has 33 heavy (non-hydrogen) atoms. The van der Waals surface area contributed by atoms with Crippen LogP contribution >= 0.6 is 11.3 Å². The number of carbonyl (C=O) groups is 1. The number of allylic oxidation sites excluding steroid dienone is 2. The van der Waals surface area contributed by atoms with Gasteiger partial charge >= 0.3 is 5.97 Å². The minimum absolute atomic E-state index is 0.185. The van der Waals surface area contributed by atoms with Gasteiger partial charge < -0.3 is 14.2 Å². The number of esters is 1. The molecule has 0 saturated heterocycles. The van der Waals surface area contributed by atoms with Crippen molar-refractivity contribution in [2.45, 2.75) is 13.0 Å². The van der Waals surface area contributed by atoms with Crippen molar-refractivity contribution in [2.24, 2.45) is 4.99 Å². The molecule has 8 heteroatoms. The van der Waals surface area contributed by atoms with E-state index in [1.807, 2.05) is 60.7 Å². The van der Waals surface area contributed by atoms with E-state index in [4.69, 9.17) is 14.2 Å². The molecule has 5 rings (SSSR count). The fraction of sp³-hybridized carbons (Fsp3) is 0.160. The highest BCUT2D eigenvalue weighted by atomic mass is 32.1. The Morgan fingerprint density at radius 1 is 1.15 bits per heavy atom. The Balaban J connectivity index is 1.64. The minimum Gasteiger partial charge on any atom is -0.466 e. The summed E-state index contributed by atoms with van der Waals surface area (Å²) in [7, 11) is 1.32. The molecular weight excluding hydrogens is 440 g/mol. The third kappa shape index (κ3) is 3.89. The first-order valence-corrected chi connectivity index (χ1v) is 11.1. The van der Waals surface area contributed by atoms with Crippen molar-refractivity contribution in [3.05, 3.63) is 96.7 Å². The topological polar surface area (TPSA) is 79.1 Å². The number of methoxy groups -OCH3 is 1. The lowest BCUT2D eigenvalue weighted by atomic mass is 10.0. The summed E-state index contributed by atoms with van der Waals surface area (Å²) >= 11 is 1.28. The van der Waals surface area contributed by atoms with Crippen molar-refractivity contribution in [3.63, 3.8) is 0 Å². The molecule has 1 atom stereocenters. The Morgan fingerprint density at radius 2 is 1.94 bits per heavy atom. The van der Waals surface area contributed by atoms with Gasteiger partial charge in [-0.2, -0.15) is 0 Å². The largest absolute Gasteiger partial charge is 0.466 e. The van der Waals surface area contributed by atoms with Crippen LogP contribution < -0.4 is 24.4 Å². The van der Waals surface area contributed by atoms with Gasteiger partial charge in [-0.05, 0) is 36.3 Å². The zero-order valence-electron chi connectivity index (χ0n) is 18.0. The molecule has 2 aliphatic rings. The van der Waals surface area contributed by atoms with Gasteiger partial charge in [0.15, 0.2) is 16.3 Å². The van der Waals surface area contributed by atoms with Crippen molar-refractivity contribution in [1.82, 2.24) is 4.57 Å². The normalized spacial score (nSPS) is 17.3. The third-order valence-corrected chi connectivity index (χ3v) is 6.42. The quantitative estimate of drug-likeness (QED) is 0.560. The summed E-state index contributed by atoms with van der Waals surface area (Å²) in [4.78, 5) is 31.1. The van der Waals surface area contributed by atoms with E-state index in [9.17, 15) is 9.59 Å². The monoisotopic (exact) mass is 460 g/mol. The number of thiazole rings is 1. The lowest BCUT2D eigenvalue weighted by Crippen LogP contribution is -2.38. The fourth-order valence-corrected chi connectivity index (χ4v) is 4.89. The lowest BCUT2D eigenvalue weighted by molar-refractivity contribution is -0.136. The molecule has 0 spiro atoms. The van der Waals surface area contributed by atoms with Gasteiger partial charge in [-0.25, -0.2) is 9.79 Å². The van der Waals surface area contributed by atoms with Gasteiger partial charge in [0.2, 0.25) is 6.79 Å². The maximum atomic E-state index is 13.5. The zero-order chi connectivity index (χ0) is 22.9. The molecule has 0 fully saturated rings. The van der Waals surface area contributed by atoms with Gasteiger partial charge in [0.1, 0.15) is 0 Å². The van der Waals surface area contributed by atoms with E-state index in [1.54, 1.807) is 17.6 Å². The molecule has 0 saturated carbocycles. The number of hydrogen-bond donors (Lipinski definition) is 0. The van der Waals surface area contributed by atoms with E-state index in [0.29, 0.717) is 32.1 Å². The van der Waals surface area contributed by atoms with Gasteiger partial charge in [-0.3, -0.25) is 9.36 Å². The average Bonchev–Trinajstić information content (AvgIpc) is 3.41. The SMILES string of the molecule is COC(=O)C1=C(C)N=c2s/c(=C/c3ccc4c(c3)OCO4)c(=O)n2[C@@H]1/C=C/c1ccccc1. The Morgan fingerprint density at radius 3 is 2.73 bits per heavy atom. The number of benzene rings is 2. The summed E-state index contributed by atoms with van der Waals surface area (Å²) in [6, 6.07) is 14.6. The summed E-state index contributed by atoms with van der Waals surface area (Å²) in [5, 5.41) is 0. The number of aromatic nitrogens is 1. The Hall–Kier alpha value is -3.91. The Bertz CT molecular complexity index is 1480. The first-order valence-electron chi connectivity index (χ1n) is 10.3. The molecule has 1 aromatic heterocycles. The zero-order valence-corrected chi connectivity index (χ0v) is 18.8. The van der Waals surface area contributed by atoms with Gasteiger partial charge in [-0.1, -0.05) is 59.9 Å². The van der Waals surface area contributed by atoms with Crippen LogP contribution in [0.5, 0.6) is 11.5 Å². The number of ether oxygens (including phenoxy) is 3. The van der Waals surface area contributed by atoms with E-state index >= 15 is 0 Å². The van der Waals surface area contributed by atoms with Gasteiger partial charge in [-0.15, -0.1) is 0 Å². The van der Waals surface area contributed by atoms with E-state index in [0.717, 1.165) is 11.1 Å². The smallest absolute Gasteiger partial charge is 0.338 e. The van der Waals surface area contributed by atoms with Crippen LogP contribution in [0.3, 0.4) is 0 Å². The van der Waals surface area contributed by atoms with Crippen LogP contribution in [0.1, 0.15) is 24.1 Å². The van der Waals surface area contributed by atoms with Crippen molar-refractivity contribution in [2.75, 3.05) is 13.9 Å². The maximum Gasteiger partial charge on any atom is 0.338 e. The first-order chi connectivity index (χ1) is 16.0. The van der Waals surface area contributed by atoms with Crippen molar-refractivity contribution < 1.29 is 19.0 Å². The highest BCUT2D eigenvalue weighted by molar-refractivity contribution is 7.07. The molecular formula is C25H20N2O5S. The van der Waals surface area contributed by atoms with E-state index in [-0.39, 0.29) is 12.4 Å². The molecule has 166 valence electrons. The Kier molecular flexibility index (Phi) is 5.43. The van der Waals surface area contributed by atoms with Crippen molar-refractivity contribution in [1.29, 1.82) is 0 Å². The number of rotatable bonds is 4. The number of carbonyl (C=O) groups excluding carboxylic acids is 1. The van der Waals surface area contributed by atoms with Gasteiger partial charge in [0, 0.05) is 0 Å². The molecule has 3 aromatic rings. The standard InChI is InChI=1S/C25H20N2O5S/c1-15-22(24(29)30-2)18(10-8-16-6-4-3-5-7-16)27-23(28)21(33-25(27)26-15)13-17-9-11-19-20(12-17)32-14-31-19/h3-13,18H,14H2,1-2H3/b10-8+,21-13+/t18-/m1/s1. The fourth-order valence-electron chi connectivity index (χ4n) is 3.84. The minimum atomic E-state index is -0.632. The second-order valence-electron chi connectivity index (χ2n) is 7.50. The highest BCUT2D eigenvalue weighted by Gasteiger charge is 2.30. The molecule has 0 aliphatic carbocycles. The van der Waals surface area contributed by atoms with Crippen LogP contribution in [0, 0.1) is 0 Å². The van der Waals surface area contributed by atoms with Crippen LogP contribution in [-0.2, 0) is 9.53 Å². The van der Waals surface area contributed by atoms with Gasteiger partial charge in [0.05, 0.1) is 29.0 Å². The van der Waals surface area contributed by atoms with Crippen LogP contribution in [0.4, 0.5) is 0 Å². The molecule has 0 unspecified atom stereocenters. The van der Waals surface area contributed by atoms with E-state index < -0.39 is 12.0 Å². The molecule has 0 N–H and O–H groups in total. The number of hydrogen-bond acceptors (Lipinski definition) is 7. The maximum absolute atomic E-state index is 13.5. The van der Waals surface area contributed by atoms with Crippen molar-refractivity contribution in [3.8, 4) is 11.5 Å². The van der Waals surface area contributed by atoms with E-state index in [2.05, 4.69) is 4.99 Å². The number of fused-ring (bicyclic) bond motifs is 2. The summed E-state index contributed by atoms with van der Waals surface area (Å²) < 4.78 is 17.8. The van der Waals surface area contributed by atoms with E-state index in [1.165, 1.54) is 18.4 Å². The highest BCUT2D eigenvalue weighted by Crippen LogP contribution is 2.32. The average molecular weight is 461 g/mol. The van der Waals surface area contributed by atoms with Crippen LogP contribution in [-0.4, -0.2) is 24.4 Å². The summed E-state index contributed by atoms with van der Waals surface area (Å²) in [5.74, 6) is 0.811. The summed E-state index contributed by atoms with van der Waals surface area (Å²) in [6.45, 7) is 1.94. The summed E-state index contributed by atoms with van der Waals surface area (Å²) in [6.07, 6.45) is 5.52. The van der Waals surface area contributed by atoms with Crippen LogP contribution in [0.15, 0.2) is 75.7 Å². The van der Waals surface area contributed by atoms with Gasteiger partial charge in [0.25, 0.3) is 5.56 Å². The van der Waals surface area contributed by atoms with Crippen molar-refractivity contribution >= 4 is 29.5 Å². The molecule has 2 aromatic carbocycles. The third-order valence-electron chi connectivity index (χ3n) is 5.43. The first kappa shape index (κ1) is 21.0. The molecule has 0 amide bonds. The predicted octanol–water partition coefficient (Wildman–Crippen LogP) is 2.80. The molecule has 7 nitrogen and oxygen atoms in total. The predicted molar refractivity (Wildman–Crippen MR) is 125 cm³/mol. The second kappa shape index (κ2) is 8.55. The summed E-state index contributed by atoms with van der Waals surface area (Å²) in [5.41, 5.74) is 2.41. The van der Waals surface area contributed by atoms with Crippen LogP contribution in [0.2, 0.25) is 0 Å². The molecule has 0 radical (unpaired) electrons. The molecule has 2 aliphatic heterocycles. The van der Waals surface area contributed by atoms with Crippen LogP contribution in [0.25, 0.3) is 12.2 Å². The molecule has 0 bridgehead atoms. The lowest BCUT2D eigenvalue weighted by Gasteiger charge is -2.21.